The van der Waals surface area contributed by atoms with Gasteiger partial charge in [-0.1, -0.05) is 32.0 Å². The van der Waals surface area contributed by atoms with Gasteiger partial charge in [0, 0.05) is 37.4 Å². The minimum absolute atomic E-state index is 0.0154. The minimum atomic E-state index is -0.0154. The number of hydrogen-bond donors (Lipinski definition) is 1. The molecule has 0 aliphatic carbocycles. The number of amides is 2. The van der Waals surface area contributed by atoms with Gasteiger partial charge in [0.2, 0.25) is 5.91 Å². The number of nitrogens with zero attached hydrogens (tertiary/aromatic N) is 2. The van der Waals surface area contributed by atoms with E-state index in [1.807, 2.05) is 53.4 Å². The van der Waals surface area contributed by atoms with E-state index in [1.165, 1.54) is 0 Å². The van der Waals surface area contributed by atoms with E-state index < -0.39 is 0 Å². The highest BCUT2D eigenvalue weighted by atomic mass is 16.5. The van der Waals surface area contributed by atoms with Crippen LogP contribution in [0.25, 0.3) is 0 Å². The van der Waals surface area contributed by atoms with Crippen molar-refractivity contribution in [3.05, 3.63) is 59.7 Å². The monoisotopic (exact) mass is 409 g/mol. The summed E-state index contributed by atoms with van der Waals surface area (Å²) in [5.74, 6) is 0.797. The molecule has 1 aliphatic rings. The zero-order valence-corrected chi connectivity index (χ0v) is 17.9. The smallest absolute Gasteiger partial charge is 0.253 e. The van der Waals surface area contributed by atoms with Crippen molar-refractivity contribution in [2.45, 2.75) is 26.7 Å². The molecule has 0 atom stereocenters. The molecule has 1 aliphatic heterocycles. The van der Waals surface area contributed by atoms with Crippen LogP contribution in [0.2, 0.25) is 0 Å². The van der Waals surface area contributed by atoms with E-state index in [2.05, 4.69) is 24.1 Å². The van der Waals surface area contributed by atoms with Gasteiger partial charge in [-0.2, -0.15) is 0 Å². The van der Waals surface area contributed by atoms with Crippen molar-refractivity contribution in [2.75, 3.05) is 44.6 Å². The zero-order valence-electron chi connectivity index (χ0n) is 17.9. The van der Waals surface area contributed by atoms with Crippen LogP contribution in [0.1, 0.15) is 36.2 Å². The lowest BCUT2D eigenvalue weighted by Gasteiger charge is -2.34. The molecule has 1 saturated heterocycles. The number of aryl methyl sites for hydroxylation is 1. The van der Waals surface area contributed by atoms with E-state index in [0.29, 0.717) is 44.9 Å². The Kier molecular flexibility index (Phi) is 7.85. The van der Waals surface area contributed by atoms with E-state index in [9.17, 15) is 9.59 Å². The summed E-state index contributed by atoms with van der Waals surface area (Å²) in [7, 11) is 0. The van der Waals surface area contributed by atoms with Crippen LogP contribution < -0.4 is 10.1 Å². The largest absolute Gasteiger partial charge is 0.494 e. The highest BCUT2D eigenvalue weighted by Crippen LogP contribution is 2.17. The van der Waals surface area contributed by atoms with Crippen LogP contribution in [-0.4, -0.2) is 60.9 Å². The maximum absolute atomic E-state index is 12.8. The summed E-state index contributed by atoms with van der Waals surface area (Å²) < 4.78 is 5.57. The van der Waals surface area contributed by atoms with Gasteiger partial charge >= 0.3 is 0 Å². The van der Waals surface area contributed by atoms with Gasteiger partial charge in [0.25, 0.3) is 5.91 Å². The van der Waals surface area contributed by atoms with Gasteiger partial charge in [-0.25, -0.2) is 0 Å². The first-order chi connectivity index (χ1) is 14.6. The first-order valence-electron chi connectivity index (χ1n) is 10.7. The number of rotatable bonds is 8. The topological polar surface area (TPSA) is 61.9 Å². The van der Waals surface area contributed by atoms with Gasteiger partial charge in [0.05, 0.1) is 13.2 Å². The number of carbonyl (C=O) groups is 2. The molecule has 1 N–H and O–H groups in total. The third-order valence-corrected chi connectivity index (χ3v) is 5.27. The Morgan fingerprint density at radius 2 is 1.67 bits per heavy atom. The van der Waals surface area contributed by atoms with Crippen LogP contribution in [0.3, 0.4) is 0 Å². The molecule has 6 nitrogen and oxygen atoms in total. The van der Waals surface area contributed by atoms with Crippen LogP contribution in [-0.2, 0) is 11.2 Å². The fourth-order valence-corrected chi connectivity index (χ4v) is 3.55. The third-order valence-electron chi connectivity index (χ3n) is 5.27. The van der Waals surface area contributed by atoms with Crippen LogP contribution in [0.4, 0.5) is 5.69 Å². The molecule has 0 unspecified atom stereocenters. The Morgan fingerprint density at radius 1 is 0.967 bits per heavy atom. The van der Waals surface area contributed by atoms with Crippen molar-refractivity contribution < 1.29 is 14.3 Å². The molecule has 1 fully saturated rings. The lowest BCUT2D eigenvalue weighted by molar-refractivity contribution is -0.117. The van der Waals surface area contributed by atoms with Gasteiger partial charge in [-0.15, -0.1) is 0 Å². The molecular formula is C24H31N3O3. The summed E-state index contributed by atoms with van der Waals surface area (Å²) in [4.78, 5) is 29.1. The van der Waals surface area contributed by atoms with E-state index in [0.717, 1.165) is 29.8 Å². The number of benzene rings is 2. The number of para-hydroxylation sites is 1. The molecule has 0 radical (unpaired) electrons. The normalized spacial score (nSPS) is 14.4. The van der Waals surface area contributed by atoms with Crippen molar-refractivity contribution in [2.24, 2.45) is 0 Å². The van der Waals surface area contributed by atoms with Crippen LogP contribution >= 0.6 is 0 Å². The number of anilines is 1. The molecule has 2 aromatic carbocycles. The van der Waals surface area contributed by atoms with E-state index in [1.54, 1.807) is 0 Å². The molecule has 0 saturated carbocycles. The summed E-state index contributed by atoms with van der Waals surface area (Å²) in [6.07, 6.45) is 1.83. The SMILES string of the molecule is CCCOc1ccc(C(=O)N2CCN(CC(=O)Nc3ccccc3CC)CC2)cc1. The molecular weight excluding hydrogens is 378 g/mol. The first kappa shape index (κ1) is 21.8. The van der Waals surface area contributed by atoms with Gasteiger partial charge < -0.3 is 15.0 Å². The molecule has 2 amide bonds. The lowest BCUT2D eigenvalue weighted by atomic mass is 10.1. The second kappa shape index (κ2) is 10.8. The molecule has 2 aromatic rings. The van der Waals surface area contributed by atoms with E-state index >= 15 is 0 Å². The molecule has 30 heavy (non-hydrogen) atoms. The third kappa shape index (κ3) is 5.83. The number of ether oxygens (including phenoxy) is 1. The van der Waals surface area contributed by atoms with Crippen LogP contribution in [0.15, 0.2) is 48.5 Å². The average Bonchev–Trinajstić information content (AvgIpc) is 2.78. The summed E-state index contributed by atoms with van der Waals surface area (Å²) >= 11 is 0. The van der Waals surface area contributed by atoms with Gasteiger partial charge in [0.1, 0.15) is 5.75 Å². The van der Waals surface area contributed by atoms with E-state index in [-0.39, 0.29) is 11.8 Å². The molecule has 6 heteroatoms. The van der Waals surface area contributed by atoms with Gasteiger partial charge in [-0.05, 0) is 48.7 Å². The fourth-order valence-electron chi connectivity index (χ4n) is 3.55. The fraction of sp³-hybridized carbons (Fsp3) is 0.417. The maximum atomic E-state index is 12.8. The van der Waals surface area contributed by atoms with Crippen molar-refractivity contribution in [1.29, 1.82) is 0 Å². The van der Waals surface area contributed by atoms with Crippen molar-refractivity contribution in [3.63, 3.8) is 0 Å². The molecule has 0 bridgehead atoms. The second-order valence-electron chi connectivity index (χ2n) is 7.50. The van der Waals surface area contributed by atoms with E-state index in [4.69, 9.17) is 4.74 Å². The molecule has 3 rings (SSSR count). The summed E-state index contributed by atoms with van der Waals surface area (Å²) in [5.41, 5.74) is 2.68. The van der Waals surface area contributed by atoms with Crippen molar-refractivity contribution in [3.8, 4) is 5.75 Å². The highest BCUT2D eigenvalue weighted by Gasteiger charge is 2.23. The zero-order chi connectivity index (χ0) is 21.3. The molecule has 0 spiro atoms. The Hall–Kier alpha value is -2.86. The average molecular weight is 410 g/mol. The first-order valence-corrected chi connectivity index (χ1v) is 10.7. The predicted molar refractivity (Wildman–Crippen MR) is 119 cm³/mol. The molecule has 1 heterocycles. The Morgan fingerprint density at radius 3 is 2.33 bits per heavy atom. The van der Waals surface area contributed by atoms with Crippen LogP contribution in [0.5, 0.6) is 5.75 Å². The highest BCUT2D eigenvalue weighted by molar-refractivity contribution is 5.94. The van der Waals surface area contributed by atoms with Gasteiger partial charge in [0.15, 0.2) is 0 Å². The summed E-state index contributed by atoms with van der Waals surface area (Å²) in [6, 6.07) is 15.2. The minimum Gasteiger partial charge on any atom is -0.494 e. The van der Waals surface area contributed by atoms with Crippen LogP contribution in [0, 0.1) is 0 Å². The summed E-state index contributed by atoms with van der Waals surface area (Å²) in [5, 5.41) is 3.02. The number of nitrogens with one attached hydrogen (secondary N) is 1. The Bertz CT molecular complexity index is 843. The quantitative estimate of drug-likeness (QED) is 0.726. The van der Waals surface area contributed by atoms with Crippen molar-refractivity contribution in [1.82, 2.24) is 9.80 Å². The molecule has 160 valence electrons. The lowest BCUT2D eigenvalue weighted by Crippen LogP contribution is -2.50. The van der Waals surface area contributed by atoms with Gasteiger partial charge in [-0.3, -0.25) is 14.5 Å². The number of carbonyl (C=O) groups excluding carboxylic acids is 2. The number of hydrogen-bond acceptors (Lipinski definition) is 4. The molecule has 0 aromatic heterocycles. The van der Waals surface area contributed by atoms with Crippen molar-refractivity contribution >= 4 is 17.5 Å². The number of piperazine rings is 1. The predicted octanol–water partition coefficient (Wildman–Crippen LogP) is 3.43. The maximum Gasteiger partial charge on any atom is 0.253 e. The Labute approximate surface area is 178 Å². The second-order valence-corrected chi connectivity index (χ2v) is 7.50. The summed E-state index contributed by atoms with van der Waals surface area (Å²) in [6.45, 7) is 7.75. The Balaban J connectivity index is 1.47. The standard InChI is InChI=1S/C24H31N3O3/c1-3-17-30-21-11-9-20(10-12-21)24(29)27-15-13-26(14-16-27)18-23(28)25-22-8-6-5-7-19(22)4-2/h5-12H,3-4,13-18H2,1-2H3,(H,25,28).